The van der Waals surface area contributed by atoms with Crippen LogP contribution in [-0.2, 0) is 0 Å². The summed E-state index contributed by atoms with van der Waals surface area (Å²) in [6.07, 6.45) is 1.20. The number of thioether (sulfide) groups is 1. The minimum atomic E-state index is 0.322. The van der Waals surface area contributed by atoms with Gasteiger partial charge in [0.1, 0.15) is 11.5 Å². The molecular formula is C16H27NO2S. The Labute approximate surface area is 127 Å². The fourth-order valence-electron chi connectivity index (χ4n) is 1.93. The molecule has 3 nitrogen and oxygen atoms in total. The number of hydrogen-bond acceptors (Lipinski definition) is 4. The first kappa shape index (κ1) is 17.2. The lowest BCUT2D eigenvalue weighted by Gasteiger charge is -2.21. The third-order valence-electron chi connectivity index (χ3n) is 3.35. The van der Waals surface area contributed by atoms with Gasteiger partial charge in [0.2, 0.25) is 0 Å². The van der Waals surface area contributed by atoms with Gasteiger partial charge in [-0.15, -0.1) is 0 Å². The molecule has 0 amide bonds. The van der Waals surface area contributed by atoms with Gasteiger partial charge in [-0.1, -0.05) is 20.8 Å². The predicted octanol–water partition coefficient (Wildman–Crippen LogP) is 3.89. The van der Waals surface area contributed by atoms with Crippen molar-refractivity contribution in [1.82, 2.24) is 5.32 Å². The molecule has 2 unspecified atom stereocenters. The largest absolute Gasteiger partial charge is 0.497 e. The van der Waals surface area contributed by atoms with E-state index in [1.807, 2.05) is 17.8 Å². The van der Waals surface area contributed by atoms with Crippen LogP contribution < -0.4 is 14.8 Å². The molecule has 0 aliphatic carbocycles. The molecule has 1 aromatic carbocycles. The molecule has 20 heavy (non-hydrogen) atoms. The van der Waals surface area contributed by atoms with E-state index in [0.717, 1.165) is 23.8 Å². The maximum atomic E-state index is 5.36. The van der Waals surface area contributed by atoms with Gasteiger partial charge >= 0.3 is 0 Å². The smallest absolute Gasteiger partial charge is 0.122 e. The highest BCUT2D eigenvalue weighted by Gasteiger charge is 2.14. The van der Waals surface area contributed by atoms with E-state index < -0.39 is 0 Å². The topological polar surface area (TPSA) is 30.5 Å². The summed E-state index contributed by atoms with van der Waals surface area (Å²) in [5.74, 6) is 2.74. The Hall–Kier alpha value is -0.870. The van der Waals surface area contributed by atoms with E-state index in [1.54, 1.807) is 14.2 Å². The summed E-state index contributed by atoms with van der Waals surface area (Å²) in [5, 5.41) is 4.23. The van der Waals surface area contributed by atoms with Gasteiger partial charge in [-0.2, -0.15) is 11.8 Å². The summed E-state index contributed by atoms with van der Waals surface area (Å²) in [6.45, 7) is 7.60. The Morgan fingerprint density at radius 2 is 1.70 bits per heavy atom. The lowest BCUT2D eigenvalue weighted by atomic mass is 10.1. The molecule has 1 aromatic rings. The van der Waals surface area contributed by atoms with Crippen molar-refractivity contribution in [1.29, 1.82) is 0 Å². The van der Waals surface area contributed by atoms with Crippen LogP contribution in [0.25, 0.3) is 0 Å². The molecule has 1 N–H and O–H groups in total. The molecule has 0 aromatic heterocycles. The van der Waals surface area contributed by atoms with Gasteiger partial charge < -0.3 is 14.8 Å². The summed E-state index contributed by atoms with van der Waals surface area (Å²) in [5.41, 5.74) is 1.22. The Balaban J connectivity index is 2.89. The molecule has 0 radical (unpaired) electrons. The van der Waals surface area contributed by atoms with Gasteiger partial charge in [-0.05, 0) is 30.7 Å². The highest BCUT2D eigenvalue weighted by atomic mass is 32.2. The Morgan fingerprint density at radius 1 is 1.10 bits per heavy atom. The lowest BCUT2D eigenvalue weighted by Crippen LogP contribution is -2.23. The fourth-order valence-corrected chi connectivity index (χ4v) is 3.00. The lowest BCUT2D eigenvalue weighted by molar-refractivity contribution is 0.392. The zero-order valence-electron chi connectivity index (χ0n) is 13.2. The van der Waals surface area contributed by atoms with E-state index in [4.69, 9.17) is 9.47 Å². The quantitative estimate of drug-likeness (QED) is 0.749. The molecule has 2 atom stereocenters. The van der Waals surface area contributed by atoms with Gasteiger partial charge in [-0.25, -0.2) is 0 Å². The maximum absolute atomic E-state index is 5.36. The summed E-state index contributed by atoms with van der Waals surface area (Å²) in [6, 6.07) is 6.41. The first-order valence-electron chi connectivity index (χ1n) is 7.22. The highest BCUT2D eigenvalue weighted by molar-refractivity contribution is 7.99. The van der Waals surface area contributed by atoms with Crippen molar-refractivity contribution >= 4 is 11.8 Å². The van der Waals surface area contributed by atoms with E-state index in [-0.39, 0.29) is 0 Å². The second kappa shape index (κ2) is 9.14. The molecule has 4 heteroatoms. The minimum Gasteiger partial charge on any atom is -0.497 e. The molecule has 114 valence electrons. The maximum Gasteiger partial charge on any atom is 0.122 e. The fraction of sp³-hybridized carbons (Fsp3) is 0.625. The summed E-state index contributed by atoms with van der Waals surface area (Å²) in [4.78, 5) is 0. The Bertz CT molecular complexity index is 376. The first-order valence-corrected chi connectivity index (χ1v) is 8.27. The molecule has 1 rings (SSSR count). The van der Waals surface area contributed by atoms with Crippen molar-refractivity contribution in [2.75, 3.05) is 26.5 Å². The third-order valence-corrected chi connectivity index (χ3v) is 4.78. The Morgan fingerprint density at radius 3 is 2.15 bits per heavy atom. The molecule has 0 spiro atoms. The molecule has 0 saturated carbocycles. The van der Waals surface area contributed by atoms with Crippen LogP contribution in [0.5, 0.6) is 11.5 Å². The van der Waals surface area contributed by atoms with Crippen molar-refractivity contribution in [3.05, 3.63) is 23.8 Å². The Kier molecular flexibility index (Phi) is 7.85. The first-order chi connectivity index (χ1) is 9.64. The number of hydrogen-bond donors (Lipinski definition) is 1. The van der Waals surface area contributed by atoms with E-state index in [1.165, 1.54) is 12.0 Å². The monoisotopic (exact) mass is 297 g/mol. The van der Waals surface area contributed by atoms with Crippen molar-refractivity contribution in [3.63, 3.8) is 0 Å². The number of methoxy groups -OCH3 is 2. The minimum absolute atomic E-state index is 0.322. The van der Waals surface area contributed by atoms with Crippen LogP contribution in [0.1, 0.15) is 38.8 Å². The van der Waals surface area contributed by atoms with Crippen molar-refractivity contribution in [2.24, 2.45) is 0 Å². The second-order valence-corrected chi connectivity index (χ2v) is 6.28. The average Bonchev–Trinajstić information content (AvgIpc) is 2.50. The molecule has 0 saturated heterocycles. The van der Waals surface area contributed by atoms with Gasteiger partial charge in [0.25, 0.3) is 0 Å². The number of benzene rings is 1. The molecule has 0 bridgehead atoms. The molecule has 0 aliphatic heterocycles. The van der Waals surface area contributed by atoms with Crippen LogP contribution in [0, 0.1) is 0 Å². The van der Waals surface area contributed by atoms with Crippen molar-refractivity contribution in [2.45, 2.75) is 38.5 Å². The highest BCUT2D eigenvalue weighted by Crippen LogP contribution is 2.29. The SMILES string of the molecule is CCNC(CSC(C)CC)c1cc(OC)cc(OC)c1. The van der Waals surface area contributed by atoms with Crippen LogP contribution in [0.4, 0.5) is 0 Å². The summed E-state index contributed by atoms with van der Waals surface area (Å²) < 4.78 is 10.7. The van der Waals surface area contributed by atoms with Gasteiger partial charge in [0, 0.05) is 23.1 Å². The second-order valence-electron chi connectivity index (χ2n) is 4.81. The normalized spacial score (nSPS) is 13.8. The summed E-state index contributed by atoms with van der Waals surface area (Å²) in [7, 11) is 3.38. The van der Waals surface area contributed by atoms with E-state index in [9.17, 15) is 0 Å². The van der Waals surface area contributed by atoms with E-state index >= 15 is 0 Å². The van der Waals surface area contributed by atoms with Crippen LogP contribution in [-0.4, -0.2) is 31.8 Å². The van der Waals surface area contributed by atoms with Crippen molar-refractivity contribution in [3.8, 4) is 11.5 Å². The van der Waals surface area contributed by atoms with E-state index in [0.29, 0.717) is 11.3 Å². The third kappa shape index (κ3) is 5.25. The van der Waals surface area contributed by atoms with Crippen LogP contribution >= 0.6 is 11.8 Å². The number of nitrogens with one attached hydrogen (secondary N) is 1. The summed E-state index contributed by atoms with van der Waals surface area (Å²) >= 11 is 2.00. The molecular weight excluding hydrogens is 270 g/mol. The number of rotatable bonds is 9. The van der Waals surface area contributed by atoms with Gasteiger partial charge in [0.15, 0.2) is 0 Å². The predicted molar refractivity (Wildman–Crippen MR) is 88.2 cm³/mol. The van der Waals surface area contributed by atoms with Crippen molar-refractivity contribution < 1.29 is 9.47 Å². The standard InChI is InChI=1S/C16H27NO2S/c1-6-12(3)20-11-16(17-7-2)13-8-14(18-4)10-15(9-13)19-5/h8-10,12,16-17H,6-7,11H2,1-5H3. The molecule has 0 heterocycles. The van der Waals surface area contributed by atoms with Crippen LogP contribution in [0.15, 0.2) is 18.2 Å². The van der Waals surface area contributed by atoms with Gasteiger partial charge in [-0.3, -0.25) is 0 Å². The van der Waals surface area contributed by atoms with E-state index in [2.05, 4.69) is 38.2 Å². The molecule has 0 aliphatic rings. The van der Waals surface area contributed by atoms with Crippen LogP contribution in [0.2, 0.25) is 0 Å². The number of ether oxygens (including phenoxy) is 2. The zero-order chi connectivity index (χ0) is 15.0. The average molecular weight is 297 g/mol. The zero-order valence-corrected chi connectivity index (χ0v) is 14.0. The van der Waals surface area contributed by atoms with Gasteiger partial charge in [0.05, 0.1) is 14.2 Å². The molecule has 0 fully saturated rings. The van der Waals surface area contributed by atoms with Crippen LogP contribution in [0.3, 0.4) is 0 Å².